The number of carbonyl (C=O) groups is 2. The Hall–Kier alpha value is -4.65. The third-order valence-electron chi connectivity index (χ3n) is 6.12. The van der Waals surface area contributed by atoms with Crippen molar-refractivity contribution in [2.75, 3.05) is 5.01 Å². The van der Waals surface area contributed by atoms with E-state index in [0.29, 0.717) is 17.0 Å². The van der Waals surface area contributed by atoms with Crippen LogP contribution >= 0.6 is 0 Å². The van der Waals surface area contributed by atoms with Gasteiger partial charge in [0, 0.05) is 22.6 Å². The summed E-state index contributed by atoms with van der Waals surface area (Å²) in [5.41, 5.74) is 7.32. The van der Waals surface area contributed by atoms with Gasteiger partial charge in [0.05, 0.1) is 5.69 Å². The van der Waals surface area contributed by atoms with Crippen molar-refractivity contribution >= 4 is 23.6 Å². The lowest BCUT2D eigenvalue weighted by Crippen LogP contribution is -2.35. The number of nitrogens with zero attached hydrogens (tertiary/aromatic N) is 2. The van der Waals surface area contributed by atoms with E-state index in [1.807, 2.05) is 54.8 Å². The number of rotatable bonds is 6. The predicted molar refractivity (Wildman–Crippen MR) is 136 cm³/mol. The summed E-state index contributed by atoms with van der Waals surface area (Å²) < 4.78 is 21.6. The zero-order valence-corrected chi connectivity index (χ0v) is 19.9. The van der Waals surface area contributed by atoms with Crippen LogP contribution in [0.25, 0.3) is 11.8 Å². The highest BCUT2D eigenvalue weighted by molar-refractivity contribution is 6.31. The number of hydrazine groups is 1. The van der Waals surface area contributed by atoms with E-state index < -0.39 is 11.8 Å². The molecule has 2 heterocycles. The van der Waals surface area contributed by atoms with Crippen molar-refractivity contribution in [2.24, 2.45) is 0 Å². The summed E-state index contributed by atoms with van der Waals surface area (Å²) >= 11 is 0. The monoisotopic (exact) mass is 481 g/mol. The number of aryl methyl sites for hydroxylation is 1. The number of hydrogen-bond acceptors (Lipinski definition) is 3. The summed E-state index contributed by atoms with van der Waals surface area (Å²) in [6.45, 7) is 4.04. The molecule has 3 aromatic carbocycles. The first-order valence-corrected chi connectivity index (χ1v) is 11.5. The van der Waals surface area contributed by atoms with E-state index in [9.17, 15) is 14.0 Å². The van der Waals surface area contributed by atoms with Crippen molar-refractivity contribution in [1.82, 2.24) is 9.99 Å². The molecule has 0 atom stereocenters. The average Bonchev–Trinajstić information content (AvgIpc) is 3.33. The van der Waals surface area contributed by atoms with Crippen LogP contribution in [-0.2, 0) is 16.2 Å². The van der Waals surface area contributed by atoms with Crippen molar-refractivity contribution in [1.29, 1.82) is 0 Å². The van der Waals surface area contributed by atoms with Gasteiger partial charge in [-0.05, 0) is 74.0 Å². The summed E-state index contributed by atoms with van der Waals surface area (Å²) in [5.74, 6) is -0.505. The topological polar surface area (TPSA) is 63.6 Å². The Morgan fingerprint density at radius 3 is 2.31 bits per heavy atom. The van der Waals surface area contributed by atoms with Gasteiger partial charge in [0.1, 0.15) is 23.7 Å². The van der Waals surface area contributed by atoms with Crippen LogP contribution in [0.5, 0.6) is 5.75 Å². The molecule has 7 heteroatoms. The van der Waals surface area contributed by atoms with E-state index in [1.165, 1.54) is 11.1 Å². The fraction of sp³-hybridized carbons (Fsp3) is 0.103. The zero-order chi connectivity index (χ0) is 25.2. The molecule has 5 rings (SSSR count). The first-order valence-electron chi connectivity index (χ1n) is 11.5. The Balaban J connectivity index is 1.36. The lowest BCUT2D eigenvalue weighted by molar-refractivity contribution is -0.117. The minimum Gasteiger partial charge on any atom is -0.489 e. The van der Waals surface area contributed by atoms with E-state index in [0.717, 1.165) is 22.6 Å². The number of para-hydroxylation sites is 1. The number of aromatic nitrogens is 1. The van der Waals surface area contributed by atoms with Crippen LogP contribution in [0, 0.1) is 19.7 Å². The molecular weight excluding hydrogens is 457 g/mol. The van der Waals surface area contributed by atoms with E-state index in [1.54, 1.807) is 48.5 Å². The molecule has 0 radical (unpaired) electrons. The molecule has 180 valence electrons. The molecule has 1 aliphatic rings. The van der Waals surface area contributed by atoms with Gasteiger partial charge in [-0.3, -0.25) is 15.0 Å². The molecule has 36 heavy (non-hydrogen) atoms. The van der Waals surface area contributed by atoms with Gasteiger partial charge >= 0.3 is 0 Å². The maximum Gasteiger partial charge on any atom is 0.282 e. The van der Waals surface area contributed by atoms with Crippen molar-refractivity contribution < 1.29 is 18.7 Å². The summed E-state index contributed by atoms with van der Waals surface area (Å²) in [4.78, 5) is 25.5. The molecule has 0 saturated carbocycles. The molecular formula is C29H24FN3O3. The van der Waals surface area contributed by atoms with Gasteiger partial charge < -0.3 is 9.30 Å². The van der Waals surface area contributed by atoms with Gasteiger partial charge in [-0.2, -0.15) is 0 Å². The smallest absolute Gasteiger partial charge is 0.282 e. The van der Waals surface area contributed by atoms with Crippen LogP contribution in [0.4, 0.5) is 10.1 Å². The van der Waals surface area contributed by atoms with Crippen LogP contribution in [0.3, 0.4) is 0 Å². The quantitative estimate of drug-likeness (QED) is 0.301. The lowest BCUT2D eigenvalue weighted by atomic mass is 10.1. The van der Waals surface area contributed by atoms with Crippen LogP contribution in [0.1, 0.15) is 22.5 Å². The number of halogens is 1. The maximum atomic E-state index is 13.8. The fourth-order valence-corrected chi connectivity index (χ4v) is 4.27. The standard InChI is InChI=1S/C29H24FN3O3/c1-19-16-22(17-26-28(34)31-33(29(26)35)24-9-4-3-5-10-24)20(2)32(19)23-12-14-25(15-13-23)36-18-21-8-6-7-11-27(21)30/h3-17H,18H2,1-2H3,(H,31,34)/b26-17-. The normalized spacial score (nSPS) is 14.4. The molecule has 6 nitrogen and oxygen atoms in total. The number of benzene rings is 3. The Bertz CT molecular complexity index is 1470. The van der Waals surface area contributed by atoms with E-state index in [4.69, 9.17) is 4.74 Å². The SMILES string of the molecule is Cc1cc(/C=C2/C(=O)NN(c3ccccc3)C2=O)c(C)n1-c1ccc(OCc2ccccc2F)cc1. The zero-order valence-electron chi connectivity index (χ0n) is 19.9. The number of ether oxygens (including phenoxy) is 1. The molecule has 1 N–H and O–H groups in total. The number of anilines is 1. The summed E-state index contributed by atoms with van der Waals surface area (Å²) in [7, 11) is 0. The molecule has 2 amide bonds. The fourth-order valence-electron chi connectivity index (χ4n) is 4.27. The highest BCUT2D eigenvalue weighted by Crippen LogP contribution is 2.27. The van der Waals surface area contributed by atoms with E-state index >= 15 is 0 Å². The van der Waals surface area contributed by atoms with Crippen molar-refractivity contribution in [2.45, 2.75) is 20.5 Å². The largest absolute Gasteiger partial charge is 0.489 e. The van der Waals surface area contributed by atoms with Crippen molar-refractivity contribution in [3.63, 3.8) is 0 Å². The molecule has 0 aliphatic carbocycles. The van der Waals surface area contributed by atoms with Crippen LogP contribution in [0.15, 0.2) is 90.5 Å². The van der Waals surface area contributed by atoms with Crippen LogP contribution in [-0.4, -0.2) is 16.4 Å². The van der Waals surface area contributed by atoms with Gasteiger partial charge in [-0.15, -0.1) is 0 Å². The maximum absolute atomic E-state index is 13.8. The van der Waals surface area contributed by atoms with E-state index in [2.05, 4.69) is 5.43 Å². The van der Waals surface area contributed by atoms with Crippen LogP contribution < -0.4 is 15.2 Å². The third kappa shape index (κ3) is 4.38. The second kappa shape index (κ2) is 9.54. The summed E-state index contributed by atoms with van der Waals surface area (Å²) in [6, 6.07) is 24.9. The Morgan fingerprint density at radius 1 is 0.889 bits per heavy atom. The number of nitrogens with one attached hydrogen (secondary N) is 1. The first kappa shape index (κ1) is 23.1. The first-order chi connectivity index (χ1) is 17.4. The van der Waals surface area contributed by atoms with Gasteiger partial charge in [0.25, 0.3) is 11.8 Å². The molecule has 0 spiro atoms. The second-order valence-electron chi connectivity index (χ2n) is 8.51. The molecule has 0 bridgehead atoms. The van der Waals surface area contributed by atoms with Crippen LogP contribution in [0.2, 0.25) is 0 Å². The minimum absolute atomic E-state index is 0.0796. The van der Waals surface area contributed by atoms with Gasteiger partial charge in [-0.1, -0.05) is 36.4 Å². The van der Waals surface area contributed by atoms with Gasteiger partial charge in [-0.25, -0.2) is 9.40 Å². The molecule has 0 unspecified atom stereocenters. The van der Waals surface area contributed by atoms with Crippen molar-refractivity contribution in [3.8, 4) is 11.4 Å². The highest BCUT2D eigenvalue weighted by atomic mass is 19.1. The Kier molecular flexibility index (Phi) is 6.12. The third-order valence-corrected chi connectivity index (χ3v) is 6.12. The summed E-state index contributed by atoms with van der Waals surface area (Å²) in [6.07, 6.45) is 1.63. The molecule has 1 saturated heterocycles. The highest BCUT2D eigenvalue weighted by Gasteiger charge is 2.34. The molecule has 1 aliphatic heterocycles. The molecule has 1 aromatic heterocycles. The number of carbonyl (C=O) groups excluding carboxylic acids is 2. The Morgan fingerprint density at radius 2 is 1.58 bits per heavy atom. The number of amides is 2. The van der Waals surface area contributed by atoms with Gasteiger partial charge in [0.2, 0.25) is 0 Å². The molecule has 4 aromatic rings. The van der Waals surface area contributed by atoms with Gasteiger partial charge in [0.15, 0.2) is 0 Å². The van der Waals surface area contributed by atoms with E-state index in [-0.39, 0.29) is 18.0 Å². The predicted octanol–water partition coefficient (Wildman–Crippen LogP) is 5.27. The molecule has 1 fully saturated rings. The van der Waals surface area contributed by atoms with Crippen molar-refractivity contribution in [3.05, 3.63) is 119 Å². The lowest BCUT2D eigenvalue weighted by Gasteiger charge is -2.13. The Labute approximate surface area is 208 Å². The second-order valence-corrected chi connectivity index (χ2v) is 8.51. The minimum atomic E-state index is -0.440. The summed E-state index contributed by atoms with van der Waals surface area (Å²) in [5, 5.41) is 1.26. The average molecular weight is 482 g/mol. The number of hydrogen-bond donors (Lipinski definition) is 1.